The van der Waals surface area contributed by atoms with Crippen molar-refractivity contribution in [2.24, 2.45) is 0 Å². The van der Waals surface area contributed by atoms with Crippen molar-refractivity contribution in [3.8, 4) is 0 Å². The monoisotopic (exact) mass is 182 g/mol. The van der Waals surface area contributed by atoms with Crippen LogP contribution in [0.1, 0.15) is 16.7 Å². The van der Waals surface area contributed by atoms with Gasteiger partial charge in [0, 0.05) is 5.37 Å². The maximum atomic E-state index is 8.98. The van der Waals surface area contributed by atoms with Gasteiger partial charge in [0.2, 0.25) is 0 Å². The molecule has 0 aliphatic rings. The molecule has 12 heavy (non-hydrogen) atoms. The van der Waals surface area contributed by atoms with Crippen molar-refractivity contribution in [3.05, 3.63) is 34.9 Å². The van der Waals surface area contributed by atoms with Crippen LogP contribution in [0.25, 0.3) is 0 Å². The summed E-state index contributed by atoms with van der Waals surface area (Å²) in [7, 11) is 0. The summed E-state index contributed by atoms with van der Waals surface area (Å²) < 4.78 is 0. The molecule has 3 heteroatoms. The van der Waals surface area contributed by atoms with E-state index in [1.165, 1.54) is 5.37 Å². The number of aliphatic hydroxyl groups excluding tert-OH is 2. The van der Waals surface area contributed by atoms with Crippen LogP contribution in [0, 0.1) is 0 Å². The number of hydrogen-bond acceptors (Lipinski definition) is 3. The number of rotatable bonds is 3. The molecule has 0 unspecified atom stereocenters. The first-order valence-corrected chi connectivity index (χ1v) is 4.08. The summed E-state index contributed by atoms with van der Waals surface area (Å²) in [6.45, 7) is -0.147. The van der Waals surface area contributed by atoms with Gasteiger partial charge in [0.1, 0.15) is 0 Å². The molecule has 1 rings (SSSR count). The first kappa shape index (κ1) is 9.32. The van der Waals surface area contributed by atoms with Crippen molar-refractivity contribution in [1.29, 1.82) is 0 Å². The van der Waals surface area contributed by atoms with Crippen LogP contribution in [0.15, 0.2) is 18.2 Å². The first-order chi connectivity index (χ1) is 5.83. The second-order valence-corrected chi connectivity index (χ2v) is 2.65. The van der Waals surface area contributed by atoms with Gasteiger partial charge in [-0.05, 0) is 16.7 Å². The van der Waals surface area contributed by atoms with E-state index in [-0.39, 0.29) is 13.2 Å². The molecular weight excluding hydrogens is 172 g/mol. The van der Waals surface area contributed by atoms with Crippen molar-refractivity contribution in [2.75, 3.05) is 0 Å². The van der Waals surface area contributed by atoms with Gasteiger partial charge in [-0.25, -0.2) is 0 Å². The predicted molar refractivity (Wildman–Crippen MR) is 51.0 cm³/mol. The van der Waals surface area contributed by atoms with E-state index in [1.54, 1.807) is 6.07 Å². The largest absolute Gasteiger partial charge is 0.392 e. The summed E-state index contributed by atoms with van der Waals surface area (Å²) in [6.07, 6.45) is 0. The van der Waals surface area contributed by atoms with Crippen LogP contribution in [0.4, 0.5) is 0 Å². The van der Waals surface area contributed by atoms with Crippen LogP contribution >= 0.6 is 12.2 Å². The van der Waals surface area contributed by atoms with E-state index in [0.29, 0.717) is 0 Å². The van der Waals surface area contributed by atoms with Crippen molar-refractivity contribution in [2.45, 2.75) is 13.2 Å². The highest BCUT2D eigenvalue weighted by Gasteiger charge is 2.03. The highest BCUT2D eigenvalue weighted by atomic mass is 32.1. The van der Waals surface area contributed by atoms with E-state index in [9.17, 15) is 0 Å². The van der Waals surface area contributed by atoms with Gasteiger partial charge in [0.25, 0.3) is 0 Å². The standard InChI is InChI=1S/C9H10O2S/c10-4-7-2-1-3-8(6-12)9(7)5-11/h1-3,6,10-11H,4-5H2. The van der Waals surface area contributed by atoms with Gasteiger partial charge in [-0.2, -0.15) is 0 Å². The van der Waals surface area contributed by atoms with E-state index in [2.05, 4.69) is 0 Å². The quantitative estimate of drug-likeness (QED) is 0.686. The molecule has 0 saturated carbocycles. The van der Waals surface area contributed by atoms with E-state index in [0.717, 1.165) is 16.7 Å². The summed E-state index contributed by atoms with van der Waals surface area (Å²) in [6, 6.07) is 5.40. The van der Waals surface area contributed by atoms with Gasteiger partial charge in [-0.1, -0.05) is 30.4 Å². The zero-order valence-electron chi connectivity index (χ0n) is 6.53. The summed E-state index contributed by atoms with van der Waals surface area (Å²) >= 11 is 4.76. The second kappa shape index (κ2) is 4.30. The van der Waals surface area contributed by atoms with Crippen LogP contribution in [0.5, 0.6) is 0 Å². The Kier molecular flexibility index (Phi) is 3.34. The van der Waals surface area contributed by atoms with E-state index in [4.69, 9.17) is 22.4 Å². The molecule has 0 fully saturated rings. The lowest BCUT2D eigenvalue weighted by molar-refractivity contribution is 0.260. The van der Waals surface area contributed by atoms with Crippen LogP contribution in [-0.2, 0) is 13.2 Å². The zero-order chi connectivity index (χ0) is 8.97. The summed E-state index contributed by atoms with van der Waals surface area (Å²) in [5.74, 6) is 0. The average molecular weight is 182 g/mol. The van der Waals surface area contributed by atoms with Crippen molar-refractivity contribution in [3.63, 3.8) is 0 Å². The molecular formula is C9H10O2S. The summed E-state index contributed by atoms with van der Waals surface area (Å²) in [5, 5.41) is 19.4. The van der Waals surface area contributed by atoms with Gasteiger partial charge in [0.15, 0.2) is 0 Å². The average Bonchev–Trinajstić information content (AvgIpc) is 2.16. The van der Waals surface area contributed by atoms with Crippen molar-refractivity contribution < 1.29 is 10.2 Å². The molecule has 0 aliphatic heterocycles. The molecule has 0 heterocycles. The molecule has 1 aromatic carbocycles. The van der Waals surface area contributed by atoms with Crippen LogP contribution in [0.3, 0.4) is 0 Å². The minimum atomic E-state index is -0.0841. The maximum absolute atomic E-state index is 8.98. The second-order valence-electron chi connectivity index (χ2n) is 2.42. The normalized spacial score (nSPS) is 9.83. The van der Waals surface area contributed by atoms with Gasteiger partial charge in [-0.15, -0.1) is 0 Å². The van der Waals surface area contributed by atoms with Gasteiger partial charge in [-0.3, -0.25) is 0 Å². The van der Waals surface area contributed by atoms with E-state index < -0.39 is 0 Å². The molecule has 2 N–H and O–H groups in total. The van der Waals surface area contributed by atoms with E-state index in [1.807, 2.05) is 12.1 Å². The first-order valence-electron chi connectivity index (χ1n) is 3.61. The fourth-order valence-corrected chi connectivity index (χ4v) is 1.33. The third-order valence-corrected chi connectivity index (χ3v) is 2.02. The molecule has 64 valence electrons. The lowest BCUT2D eigenvalue weighted by atomic mass is 10.0. The molecule has 0 bridgehead atoms. The highest BCUT2D eigenvalue weighted by Crippen LogP contribution is 2.13. The Hall–Kier alpha value is -0.770. The van der Waals surface area contributed by atoms with Gasteiger partial charge >= 0.3 is 0 Å². The minimum Gasteiger partial charge on any atom is -0.392 e. The summed E-state index contributed by atoms with van der Waals surface area (Å²) in [4.78, 5) is 0. The van der Waals surface area contributed by atoms with Gasteiger partial charge < -0.3 is 10.2 Å². The third-order valence-electron chi connectivity index (χ3n) is 1.76. The maximum Gasteiger partial charge on any atom is 0.0691 e. The molecule has 0 aromatic heterocycles. The lowest BCUT2D eigenvalue weighted by Crippen LogP contribution is -1.98. The smallest absolute Gasteiger partial charge is 0.0691 e. The topological polar surface area (TPSA) is 40.5 Å². The highest BCUT2D eigenvalue weighted by molar-refractivity contribution is 7.79. The Bertz CT molecular complexity index is 284. The number of hydrogen-bond donors (Lipinski definition) is 2. The number of benzene rings is 1. The molecule has 0 radical (unpaired) electrons. The molecule has 0 saturated heterocycles. The third kappa shape index (κ3) is 1.69. The van der Waals surface area contributed by atoms with Crippen LogP contribution < -0.4 is 0 Å². The molecule has 0 spiro atoms. The van der Waals surface area contributed by atoms with E-state index >= 15 is 0 Å². The fraction of sp³-hybridized carbons (Fsp3) is 0.222. The Balaban J connectivity index is 3.21. The number of thiocarbonyl (C=S) groups is 1. The molecule has 2 nitrogen and oxygen atoms in total. The summed E-state index contributed by atoms with van der Waals surface area (Å²) in [5.41, 5.74) is 2.25. The number of aliphatic hydroxyl groups is 2. The van der Waals surface area contributed by atoms with Crippen LogP contribution in [-0.4, -0.2) is 15.6 Å². The zero-order valence-corrected chi connectivity index (χ0v) is 7.34. The predicted octanol–water partition coefficient (Wildman–Crippen LogP) is 1.02. The van der Waals surface area contributed by atoms with Crippen molar-refractivity contribution in [1.82, 2.24) is 0 Å². The molecule has 0 aliphatic carbocycles. The lowest BCUT2D eigenvalue weighted by Gasteiger charge is -2.06. The Morgan fingerprint density at radius 1 is 1.25 bits per heavy atom. The Labute approximate surface area is 76.5 Å². The minimum absolute atomic E-state index is 0.0626. The molecule has 0 atom stereocenters. The molecule has 1 aromatic rings. The fourth-order valence-electron chi connectivity index (χ4n) is 1.11. The Morgan fingerprint density at radius 3 is 2.50 bits per heavy atom. The van der Waals surface area contributed by atoms with Gasteiger partial charge in [0.05, 0.1) is 13.2 Å². The molecule has 0 amide bonds. The van der Waals surface area contributed by atoms with Crippen molar-refractivity contribution >= 4 is 17.6 Å². The SMILES string of the molecule is OCc1cccc(C=S)c1CO. The Morgan fingerprint density at radius 2 is 2.00 bits per heavy atom. The van der Waals surface area contributed by atoms with Crippen LogP contribution in [0.2, 0.25) is 0 Å².